The molecule has 0 aliphatic heterocycles. The van der Waals surface area contributed by atoms with Crippen LogP contribution in [0.15, 0.2) is 29.5 Å². The minimum Gasteiger partial charge on any atom is -0.411 e. The van der Waals surface area contributed by atoms with Gasteiger partial charge in [0, 0.05) is 0 Å². The molecule has 2 aliphatic carbocycles. The van der Waals surface area contributed by atoms with E-state index >= 15 is 0 Å². The lowest BCUT2D eigenvalue weighted by Crippen LogP contribution is -2.44. The third-order valence-corrected chi connectivity index (χ3v) is 4.73. The summed E-state index contributed by atoms with van der Waals surface area (Å²) in [5.41, 5.74) is 3.55. The Bertz CT molecular complexity index is 378. The molecule has 0 aromatic carbocycles. The van der Waals surface area contributed by atoms with Crippen LogP contribution in [0, 0.1) is 17.3 Å². The summed E-state index contributed by atoms with van der Waals surface area (Å²) in [6.45, 7) is 13.0. The highest BCUT2D eigenvalue weighted by Gasteiger charge is 2.47. The van der Waals surface area contributed by atoms with Gasteiger partial charge >= 0.3 is 0 Å². The van der Waals surface area contributed by atoms with Gasteiger partial charge in [-0.15, -0.1) is 0 Å². The Kier molecular flexibility index (Phi) is 3.15. The van der Waals surface area contributed by atoms with Crippen molar-refractivity contribution in [1.82, 2.24) is 0 Å². The second-order valence-corrected chi connectivity index (χ2v) is 6.25. The first-order valence-corrected chi connectivity index (χ1v) is 6.52. The van der Waals surface area contributed by atoms with Crippen molar-refractivity contribution in [3.63, 3.8) is 0 Å². The van der Waals surface area contributed by atoms with Gasteiger partial charge in [0.25, 0.3) is 0 Å². The number of hydrogen-bond acceptors (Lipinski definition) is 2. The maximum Gasteiger partial charge on any atom is 0.0824 e. The van der Waals surface area contributed by atoms with E-state index in [1.54, 1.807) is 0 Å². The van der Waals surface area contributed by atoms with E-state index in [9.17, 15) is 0 Å². The van der Waals surface area contributed by atoms with E-state index in [1.165, 1.54) is 12.0 Å². The van der Waals surface area contributed by atoms with E-state index in [1.807, 2.05) is 0 Å². The summed E-state index contributed by atoms with van der Waals surface area (Å²) < 4.78 is 0. The Morgan fingerprint density at radius 3 is 2.53 bits per heavy atom. The first-order valence-electron chi connectivity index (χ1n) is 6.52. The van der Waals surface area contributed by atoms with E-state index < -0.39 is 0 Å². The molecule has 2 saturated carbocycles. The molecule has 94 valence electrons. The molecule has 0 heterocycles. The lowest BCUT2D eigenvalue weighted by atomic mass is 9.52. The van der Waals surface area contributed by atoms with E-state index in [-0.39, 0.29) is 0 Å². The average molecular weight is 233 g/mol. The minimum atomic E-state index is 0.439. The van der Waals surface area contributed by atoms with Gasteiger partial charge in [0.1, 0.15) is 0 Å². The molecule has 0 aromatic rings. The summed E-state index contributed by atoms with van der Waals surface area (Å²) in [7, 11) is 0. The molecule has 0 amide bonds. The Balaban J connectivity index is 2.17. The lowest BCUT2D eigenvalue weighted by Gasteiger charge is -2.53. The quantitative estimate of drug-likeness (QED) is 0.380. The van der Waals surface area contributed by atoms with Crippen molar-refractivity contribution in [2.75, 3.05) is 0 Å². The van der Waals surface area contributed by atoms with Crippen molar-refractivity contribution in [3.05, 3.63) is 24.3 Å². The maximum atomic E-state index is 9.00. The van der Waals surface area contributed by atoms with Crippen LogP contribution in [0.25, 0.3) is 0 Å². The Labute approximate surface area is 104 Å². The smallest absolute Gasteiger partial charge is 0.0824 e. The summed E-state index contributed by atoms with van der Waals surface area (Å²) >= 11 is 0. The van der Waals surface area contributed by atoms with Gasteiger partial charge in [-0.05, 0) is 54.9 Å². The monoisotopic (exact) mass is 233 g/mol. The summed E-state index contributed by atoms with van der Waals surface area (Å²) in [5, 5.41) is 12.4. The molecule has 2 fully saturated rings. The molecule has 0 aromatic heterocycles. The number of fused-ring (bicyclic) bond motifs is 1. The molecule has 1 N–H and O–H groups in total. The van der Waals surface area contributed by atoms with E-state index in [0.29, 0.717) is 11.3 Å². The molecular formula is C15H23NO. The molecule has 2 atom stereocenters. The lowest BCUT2D eigenvalue weighted by molar-refractivity contribution is 0.00412. The van der Waals surface area contributed by atoms with Crippen LogP contribution in [0.4, 0.5) is 0 Å². The van der Waals surface area contributed by atoms with Crippen LogP contribution in [-0.2, 0) is 0 Å². The van der Waals surface area contributed by atoms with Crippen LogP contribution in [0.1, 0.15) is 46.0 Å². The first kappa shape index (κ1) is 12.4. The topological polar surface area (TPSA) is 32.6 Å². The molecule has 0 saturated heterocycles. The molecule has 0 radical (unpaired) electrons. The molecule has 0 spiro atoms. The van der Waals surface area contributed by atoms with Crippen molar-refractivity contribution in [3.8, 4) is 0 Å². The maximum absolute atomic E-state index is 9.00. The number of hydrogen-bond donors (Lipinski definition) is 1. The van der Waals surface area contributed by atoms with Gasteiger partial charge in [-0.1, -0.05) is 37.7 Å². The average Bonchev–Trinajstić information content (AvgIpc) is 2.30. The minimum absolute atomic E-state index is 0.439. The zero-order chi connectivity index (χ0) is 12.6. The highest BCUT2D eigenvalue weighted by molar-refractivity contribution is 5.99. The molecule has 2 heteroatoms. The van der Waals surface area contributed by atoms with Gasteiger partial charge in [-0.2, -0.15) is 0 Å². The van der Waals surface area contributed by atoms with Crippen molar-refractivity contribution >= 4 is 5.71 Å². The molecule has 17 heavy (non-hydrogen) atoms. The number of rotatable bonds is 0. The fraction of sp³-hybridized carbons (Fsp3) is 0.667. The van der Waals surface area contributed by atoms with E-state index in [0.717, 1.165) is 42.9 Å². The fourth-order valence-corrected chi connectivity index (χ4v) is 3.50. The third kappa shape index (κ3) is 2.18. The third-order valence-electron chi connectivity index (χ3n) is 4.73. The van der Waals surface area contributed by atoms with Crippen LogP contribution < -0.4 is 0 Å². The Morgan fingerprint density at radius 1 is 1.24 bits per heavy atom. The van der Waals surface area contributed by atoms with Gasteiger partial charge in [0.2, 0.25) is 0 Å². The van der Waals surface area contributed by atoms with Crippen LogP contribution in [0.5, 0.6) is 0 Å². The zero-order valence-electron chi connectivity index (χ0n) is 11.0. The van der Waals surface area contributed by atoms with Gasteiger partial charge in [-0.25, -0.2) is 0 Å². The zero-order valence-corrected chi connectivity index (χ0v) is 11.0. The molecule has 2 aliphatic rings. The van der Waals surface area contributed by atoms with Crippen LogP contribution in [-0.4, -0.2) is 10.9 Å². The van der Waals surface area contributed by atoms with Gasteiger partial charge < -0.3 is 5.21 Å². The highest BCUT2D eigenvalue weighted by atomic mass is 16.4. The second-order valence-electron chi connectivity index (χ2n) is 6.25. The number of oxime groups is 1. The summed E-state index contributed by atoms with van der Waals surface area (Å²) in [6.07, 6.45) is 5.09. The molecule has 2 rings (SSSR count). The van der Waals surface area contributed by atoms with Crippen molar-refractivity contribution in [1.29, 1.82) is 0 Å². The summed E-state index contributed by atoms with van der Waals surface area (Å²) in [6, 6.07) is 0. The van der Waals surface area contributed by atoms with Crippen molar-refractivity contribution in [2.45, 2.75) is 46.0 Å². The van der Waals surface area contributed by atoms with Crippen molar-refractivity contribution in [2.24, 2.45) is 22.4 Å². The highest BCUT2D eigenvalue weighted by Crippen LogP contribution is 2.56. The molecule has 2 nitrogen and oxygen atoms in total. The van der Waals surface area contributed by atoms with Crippen LogP contribution >= 0.6 is 0 Å². The standard InChI is InChI=1S/C15H23NO/c1-10-6-8-14(16-17)11(2)5-7-13-12(10)9-15(13,3)4/h12-13,17H,1-2,5-9H2,3-4H3/b16-14+/t12-,13-/m1/s1. The van der Waals surface area contributed by atoms with Crippen molar-refractivity contribution < 1.29 is 5.21 Å². The van der Waals surface area contributed by atoms with Crippen LogP contribution in [0.3, 0.4) is 0 Å². The normalized spacial score (nSPS) is 35.5. The largest absolute Gasteiger partial charge is 0.411 e. The Morgan fingerprint density at radius 2 is 1.94 bits per heavy atom. The van der Waals surface area contributed by atoms with Crippen LogP contribution in [0.2, 0.25) is 0 Å². The van der Waals surface area contributed by atoms with E-state index in [2.05, 4.69) is 32.2 Å². The van der Waals surface area contributed by atoms with E-state index in [4.69, 9.17) is 5.21 Å². The molecule has 0 bridgehead atoms. The number of nitrogens with zero attached hydrogens (tertiary/aromatic N) is 1. The summed E-state index contributed by atoms with van der Waals surface area (Å²) in [5.74, 6) is 1.40. The molecular weight excluding hydrogens is 210 g/mol. The van der Waals surface area contributed by atoms with Gasteiger partial charge in [-0.3, -0.25) is 0 Å². The summed E-state index contributed by atoms with van der Waals surface area (Å²) in [4.78, 5) is 0. The number of allylic oxidation sites excluding steroid dienone is 2. The SMILES string of the molecule is C=C1CC[C@@H]2[C@H](CC2(C)C)C(=C)CC/C1=N\O. The predicted molar refractivity (Wildman–Crippen MR) is 71.3 cm³/mol. The first-order chi connectivity index (χ1) is 7.95. The predicted octanol–water partition coefficient (Wildman–Crippen LogP) is 4.17. The Hall–Kier alpha value is -1.05. The molecule has 0 unspecified atom stereocenters. The van der Waals surface area contributed by atoms with Gasteiger partial charge in [0.05, 0.1) is 5.71 Å². The second kappa shape index (κ2) is 4.32. The van der Waals surface area contributed by atoms with Gasteiger partial charge in [0.15, 0.2) is 0 Å². The fourth-order valence-electron chi connectivity index (χ4n) is 3.50.